The largest absolute Gasteiger partial charge is 0.497 e. The molecule has 4 unspecified atom stereocenters. The van der Waals surface area contributed by atoms with Crippen molar-refractivity contribution in [2.75, 3.05) is 98.3 Å². The third kappa shape index (κ3) is 23.2. The summed E-state index contributed by atoms with van der Waals surface area (Å²) in [6.45, 7) is 13.0. The van der Waals surface area contributed by atoms with E-state index in [4.69, 9.17) is 75.5 Å². The van der Waals surface area contributed by atoms with E-state index in [1.165, 1.54) is 22.5 Å². The van der Waals surface area contributed by atoms with Gasteiger partial charge in [-0.1, -0.05) is 178 Å². The maximum atomic E-state index is 14.2. The molecule has 4 aromatic heterocycles. The number of nitrogens with one attached hydrogen (secondary N) is 4. The molecule has 16 rings (SSSR count). The van der Waals surface area contributed by atoms with Crippen molar-refractivity contribution in [3.05, 3.63) is 280 Å². The number of rotatable bonds is 45. The van der Waals surface area contributed by atoms with Gasteiger partial charge in [-0.05, 0) is 157 Å². The van der Waals surface area contributed by atoms with Crippen LogP contribution in [0.1, 0.15) is 172 Å². The van der Waals surface area contributed by atoms with Gasteiger partial charge >= 0.3 is 26.8 Å². The summed E-state index contributed by atoms with van der Waals surface area (Å²) < 4.78 is 90.5. The van der Waals surface area contributed by atoms with E-state index in [1.54, 1.807) is 68.0 Å². The van der Waals surface area contributed by atoms with E-state index in [1.807, 2.05) is 141 Å². The Morgan fingerprint density at radius 1 is 0.532 bits per heavy atom. The standard InChI is InChI=1S/C103H116N14O20P2/c1-11-52-131-138(117(65(3)4)66(5)6)136-84-54-91(116-64-108-94-97(116)111-100(112-99(94)122)109-88(118)36-24-50-113(7)101(123)128-57-82-78-32-20-16-28-74(78)75-29-17-21-33-79(75)82)135-87(84)60-133-139(132-53-12-2)137-85-55-90(134-86(85)59-130-103(69-26-14-13-15-27-69,70-42-46-72(125-9)47-43-70)71-44-48-73(126-10)49-45-71)115-63-107-93-95(105-62-106-96(93)115)110-98(121)68-40-38-67(39-41-68)56-104-89(119)61-127-92(120)37-25-51-114(8)102(124)129-58-83-80-34-22-18-30-76(80)77-31-19-23-35-81(77)83/h13-23,26-35,38-49,62-66,82-87,90-91H,11-12,24-25,36-37,50-61H2,1-10H3,(H,104,119)(H,105,106,110,121)(H2,109,111,112,118,122)/t84?,85?,86-,87-,90-,91-,138?,139?/m1/s1. The lowest BCUT2D eigenvalue weighted by molar-refractivity contribution is -0.148. The number of nitrogens with zero attached hydrogens (tertiary/aromatic N) is 10. The van der Waals surface area contributed by atoms with Gasteiger partial charge in [0.05, 0.1) is 65.5 Å². The van der Waals surface area contributed by atoms with Gasteiger partial charge in [0.25, 0.3) is 25.9 Å². The third-order valence-corrected chi connectivity index (χ3v) is 28.2. The number of aromatic nitrogens is 8. The number of carbonyl (C=O) groups is 6. The Bertz CT molecular complexity index is 6170. The monoisotopic (exact) mass is 1930 g/mol. The Morgan fingerprint density at radius 2 is 1.04 bits per heavy atom. The first-order chi connectivity index (χ1) is 67.6. The van der Waals surface area contributed by atoms with E-state index in [2.05, 4.69) is 112 Å². The van der Waals surface area contributed by atoms with E-state index in [-0.39, 0.29) is 149 Å². The number of amides is 5. The smallest absolute Gasteiger partial charge is 0.409 e. The molecule has 8 aromatic carbocycles. The number of benzene rings is 8. The first-order valence-electron chi connectivity index (χ1n) is 46.9. The Hall–Kier alpha value is -12.8. The summed E-state index contributed by atoms with van der Waals surface area (Å²) in [5.74, 6) is -1.06. The molecule has 0 bridgehead atoms. The van der Waals surface area contributed by atoms with Crippen molar-refractivity contribution in [1.82, 2.24) is 58.8 Å². The highest BCUT2D eigenvalue weighted by atomic mass is 31.2. The van der Waals surface area contributed by atoms with E-state index in [0.29, 0.717) is 42.2 Å². The molecule has 6 heterocycles. The molecule has 2 fully saturated rings. The van der Waals surface area contributed by atoms with Crippen LogP contribution in [0, 0.1) is 0 Å². The van der Waals surface area contributed by atoms with Crippen LogP contribution in [0.25, 0.3) is 44.6 Å². The normalized spacial score (nSPS) is 17.1. The molecule has 4 N–H and O–H groups in total. The predicted octanol–water partition coefficient (Wildman–Crippen LogP) is 17.4. The van der Waals surface area contributed by atoms with Gasteiger partial charge in [-0.15, -0.1) is 0 Å². The number of H-pyrrole nitrogens is 1. The van der Waals surface area contributed by atoms with Crippen molar-refractivity contribution in [1.29, 1.82) is 0 Å². The zero-order valence-electron chi connectivity index (χ0n) is 79.3. The van der Waals surface area contributed by atoms with Gasteiger partial charge in [-0.3, -0.25) is 43.4 Å². The molecule has 2 saturated heterocycles. The van der Waals surface area contributed by atoms with Crippen molar-refractivity contribution < 1.29 is 89.3 Å². The zero-order chi connectivity index (χ0) is 97.2. The Labute approximate surface area is 808 Å². The number of carbonyl (C=O) groups excluding carboxylic acids is 6. The molecule has 2 aliphatic heterocycles. The lowest BCUT2D eigenvalue weighted by Crippen LogP contribution is -2.38. The summed E-state index contributed by atoms with van der Waals surface area (Å²) in [5.41, 5.74) is 10.9. The molecule has 34 nitrogen and oxygen atoms in total. The van der Waals surface area contributed by atoms with Crippen LogP contribution >= 0.6 is 17.1 Å². The van der Waals surface area contributed by atoms with Crippen molar-refractivity contribution in [3.63, 3.8) is 0 Å². The fourth-order valence-electron chi connectivity index (χ4n) is 18.0. The Balaban J connectivity index is 0.598. The van der Waals surface area contributed by atoms with Gasteiger partial charge in [0, 0.05) is 88.9 Å². The zero-order valence-corrected chi connectivity index (χ0v) is 81.1. The van der Waals surface area contributed by atoms with Crippen molar-refractivity contribution in [2.24, 2.45) is 0 Å². The first-order valence-corrected chi connectivity index (χ1v) is 49.1. The van der Waals surface area contributed by atoms with Gasteiger partial charge < -0.3 is 80.9 Å². The summed E-state index contributed by atoms with van der Waals surface area (Å²) >= 11 is 0. The molecule has 4 aliphatic rings. The molecule has 139 heavy (non-hydrogen) atoms. The fourth-order valence-corrected chi connectivity index (χ4v) is 21.1. The van der Waals surface area contributed by atoms with Gasteiger partial charge in [-0.2, -0.15) is 4.98 Å². The van der Waals surface area contributed by atoms with Crippen LogP contribution in [0.15, 0.2) is 224 Å². The summed E-state index contributed by atoms with van der Waals surface area (Å²) in [6, 6.07) is 64.3. The molecular weight excluding hydrogens is 1820 g/mol. The summed E-state index contributed by atoms with van der Waals surface area (Å²) in [4.78, 5) is 123. The molecule has 12 aromatic rings. The quantitative estimate of drug-likeness (QED) is 0.0119. The number of aromatic amines is 1. The topological polar surface area (TPSA) is 375 Å². The maximum Gasteiger partial charge on any atom is 0.409 e. The van der Waals surface area contributed by atoms with Crippen molar-refractivity contribution in [2.45, 2.75) is 166 Å². The number of imidazole rings is 2. The summed E-state index contributed by atoms with van der Waals surface area (Å²) in [5, 5.41) is 8.44. The molecule has 5 amide bonds. The second-order valence-corrected chi connectivity index (χ2v) is 37.5. The summed E-state index contributed by atoms with van der Waals surface area (Å²) in [7, 11) is 2.39. The molecule has 8 atom stereocenters. The number of anilines is 2. The minimum atomic E-state index is -2.32. The second-order valence-electron chi connectivity index (χ2n) is 34.9. The first kappa shape index (κ1) is 99.2. The lowest BCUT2D eigenvalue weighted by atomic mass is 9.80. The fraction of sp³-hybridized carbons (Fsp3) is 0.379. The molecule has 0 spiro atoms. The summed E-state index contributed by atoms with van der Waals surface area (Å²) in [6.07, 6.45) is 0.364. The van der Waals surface area contributed by atoms with Crippen molar-refractivity contribution >= 4 is 87.1 Å². The van der Waals surface area contributed by atoms with Crippen LogP contribution in [0.4, 0.5) is 21.4 Å². The number of ether oxygens (including phenoxy) is 8. The Kier molecular flexibility index (Phi) is 33.0. The Morgan fingerprint density at radius 3 is 1.58 bits per heavy atom. The van der Waals surface area contributed by atoms with Crippen molar-refractivity contribution in [3.8, 4) is 33.8 Å². The molecule has 0 saturated carbocycles. The van der Waals surface area contributed by atoms with Crippen LogP contribution in [0.5, 0.6) is 11.5 Å². The molecule has 728 valence electrons. The SMILES string of the molecule is CCCOP(OC[C@H]1O[C@@H](n2cnc3c(=O)[nH]c(NC(=O)CCCN(C)C(=O)OCC4c5ccccc5-c5ccccc54)nc32)CC1OP(OCCC)N(C(C)C)C(C)C)OC1C[C@H](n2cnc3c(NC(=O)c4ccc(CNC(=O)COC(=O)CCCN(C)C(=O)OCC5c6ccccc6-c6ccccc65)cc4)ncnc32)O[C@@H]1COC(c1ccccc1)(c1ccc(OC)cc1)c1ccc(OC)cc1. The van der Waals surface area contributed by atoms with Crippen LogP contribution in [0.3, 0.4) is 0 Å². The third-order valence-electron chi connectivity index (χ3n) is 24.9. The van der Waals surface area contributed by atoms with Gasteiger partial charge in [0.15, 0.2) is 34.8 Å². The van der Waals surface area contributed by atoms with E-state index in [0.717, 1.165) is 61.2 Å². The van der Waals surface area contributed by atoms with Crippen LogP contribution < -0.4 is 31.0 Å². The highest BCUT2D eigenvalue weighted by Gasteiger charge is 2.48. The van der Waals surface area contributed by atoms with Crippen LogP contribution in [0.2, 0.25) is 0 Å². The van der Waals surface area contributed by atoms with E-state index < -0.39 is 108 Å². The predicted molar refractivity (Wildman–Crippen MR) is 523 cm³/mol. The van der Waals surface area contributed by atoms with Gasteiger partial charge in [0.1, 0.15) is 61.3 Å². The van der Waals surface area contributed by atoms with E-state index >= 15 is 0 Å². The number of methoxy groups -OCH3 is 2. The molecule has 2 aliphatic carbocycles. The van der Waals surface area contributed by atoms with E-state index in [9.17, 15) is 33.6 Å². The van der Waals surface area contributed by atoms with Crippen LogP contribution in [-0.2, 0) is 77.6 Å². The molecule has 36 heteroatoms. The number of hydrogen-bond acceptors (Lipinski definition) is 26. The van der Waals surface area contributed by atoms with Gasteiger partial charge in [-0.25, -0.2) is 34.2 Å². The maximum absolute atomic E-state index is 14.2. The average Bonchev–Trinajstić information content (AvgIpc) is 1.54. The lowest BCUT2D eigenvalue weighted by Gasteiger charge is -2.37. The minimum absolute atomic E-state index is 0.00556. The minimum Gasteiger partial charge on any atom is -0.497 e. The highest BCUT2D eigenvalue weighted by Crippen LogP contribution is 2.54. The second kappa shape index (κ2) is 46.3. The molecule has 0 radical (unpaired) electrons. The number of hydrogen-bond donors (Lipinski definition) is 4. The number of esters is 1. The van der Waals surface area contributed by atoms with Gasteiger partial charge in [0.2, 0.25) is 11.9 Å². The number of fused-ring (bicyclic) bond motifs is 8. The van der Waals surface area contributed by atoms with Crippen LogP contribution in [-0.4, -0.2) is 214 Å². The molecular formula is C103H116N14O20P2. The highest BCUT2D eigenvalue weighted by molar-refractivity contribution is 7.44. The average molecular weight is 1930 g/mol.